The first-order valence-corrected chi connectivity index (χ1v) is 7.56. The number of ether oxygens (including phenoxy) is 1. The van der Waals surface area contributed by atoms with Crippen LogP contribution in [-0.4, -0.2) is 39.7 Å². The average Bonchev–Trinajstić information content (AvgIpc) is 3.10. The van der Waals surface area contributed by atoms with Crippen LogP contribution in [0, 0.1) is 0 Å². The van der Waals surface area contributed by atoms with Crippen molar-refractivity contribution in [2.45, 2.75) is 37.8 Å². The van der Waals surface area contributed by atoms with Gasteiger partial charge in [-0.15, -0.1) is 0 Å². The number of carbonyl (C=O) groups is 1. The second-order valence-corrected chi connectivity index (χ2v) is 5.51. The van der Waals surface area contributed by atoms with Crippen LogP contribution in [0.2, 0.25) is 0 Å². The molecular weight excluding hydrogens is 280 g/mol. The average molecular weight is 300 g/mol. The molecule has 2 heterocycles. The number of amides is 1. The van der Waals surface area contributed by atoms with Crippen LogP contribution in [0.15, 0.2) is 37.1 Å². The third-order valence-corrected chi connectivity index (χ3v) is 4.10. The molecule has 3 rings (SSSR count). The molecule has 2 aromatic rings. The minimum atomic E-state index is -0.157. The largest absolute Gasteiger partial charge is 0.379 e. The molecule has 2 aromatic heterocycles. The molecule has 0 unspecified atom stereocenters. The highest BCUT2D eigenvalue weighted by Gasteiger charge is 2.26. The Balaban J connectivity index is 1.73. The molecule has 1 fully saturated rings. The second kappa shape index (κ2) is 6.70. The summed E-state index contributed by atoms with van der Waals surface area (Å²) in [6, 6.07) is 3.67. The van der Waals surface area contributed by atoms with Crippen molar-refractivity contribution >= 4 is 5.91 Å². The van der Waals surface area contributed by atoms with Gasteiger partial charge in [-0.05, 0) is 25.0 Å². The van der Waals surface area contributed by atoms with E-state index in [4.69, 9.17) is 4.74 Å². The summed E-state index contributed by atoms with van der Waals surface area (Å²) in [5.41, 5.74) is 1.27. The summed E-state index contributed by atoms with van der Waals surface area (Å²) in [5.74, 6) is -0.157. The van der Waals surface area contributed by atoms with Crippen LogP contribution in [0.1, 0.15) is 36.2 Å². The van der Waals surface area contributed by atoms with Gasteiger partial charge in [0.2, 0.25) is 0 Å². The first kappa shape index (κ1) is 14.7. The van der Waals surface area contributed by atoms with Crippen LogP contribution in [0.5, 0.6) is 0 Å². The molecule has 22 heavy (non-hydrogen) atoms. The lowest BCUT2D eigenvalue weighted by atomic mass is 9.92. The maximum atomic E-state index is 12.4. The Bertz CT molecular complexity index is 627. The number of rotatable bonds is 4. The van der Waals surface area contributed by atoms with Gasteiger partial charge in [0.15, 0.2) is 0 Å². The van der Waals surface area contributed by atoms with Crippen molar-refractivity contribution in [3.05, 3.63) is 42.7 Å². The van der Waals surface area contributed by atoms with Crippen molar-refractivity contribution in [1.29, 1.82) is 0 Å². The number of hydrogen-bond donors (Lipinski definition) is 1. The minimum absolute atomic E-state index is 0.0601. The molecule has 0 bridgehead atoms. The van der Waals surface area contributed by atoms with Gasteiger partial charge >= 0.3 is 0 Å². The zero-order valence-electron chi connectivity index (χ0n) is 12.6. The van der Waals surface area contributed by atoms with E-state index in [0.717, 1.165) is 31.4 Å². The third kappa shape index (κ3) is 3.17. The topological polar surface area (TPSA) is 69.0 Å². The smallest absolute Gasteiger partial charge is 0.270 e. The predicted octanol–water partition coefficient (Wildman–Crippen LogP) is 1.95. The Kier molecular flexibility index (Phi) is 4.48. The summed E-state index contributed by atoms with van der Waals surface area (Å²) in [6.07, 6.45) is 11.2. The number of carbonyl (C=O) groups excluding carboxylic acids is 1. The molecule has 0 radical (unpaired) electrons. The Hall–Kier alpha value is -2.21. The Morgan fingerprint density at radius 1 is 1.36 bits per heavy atom. The van der Waals surface area contributed by atoms with Gasteiger partial charge in [-0.2, -0.15) is 0 Å². The molecule has 0 spiro atoms. The summed E-state index contributed by atoms with van der Waals surface area (Å²) in [7, 11) is 1.70. The van der Waals surface area contributed by atoms with E-state index in [1.54, 1.807) is 31.9 Å². The lowest BCUT2D eigenvalue weighted by Gasteiger charge is -2.30. The van der Waals surface area contributed by atoms with Crippen LogP contribution in [-0.2, 0) is 4.74 Å². The van der Waals surface area contributed by atoms with Gasteiger partial charge in [0.25, 0.3) is 5.91 Å². The lowest BCUT2D eigenvalue weighted by Crippen LogP contribution is -2.46. The normalized spacial score (nSPS) is 21.5. The van der Waals surface area contributed by atoms with Crippen molar-refractivity contribution < 1.29 is 9.53 Å². The van der Waals surface area contributed by atoms with E-state index < -0.39 is 0 Å². The highest BCUT2D eigenvalue weighted by molar-refractivity contribution is 5.93. The van der Waals surface area contributed by atoms with E-state index in [1.807, 2.05) is 16.8 Å². The molecule has 6 heteroatoms. The third-order valence-electron chi connectivity index (χ3n) is 4.10. The van der Waals surface area contributed by atoms with Gasteiger partial charge in [-0.3, -0.25) is 9.78 Å². The highest BCUT2D eigenvalue weighted by Crippen LogP contribution is 2.21. The van der Waals surface area contributed by atoms with E-state index in [-0.39, 0.29) is 18.1 Å². The van der Waals surface area contributed by atoms with Crippen molar-refractivity contribution in [3.63, 3.8) is 0 Å². The molecule has 1 saturated carbocycles. The molecule has 1 aliphatic rings. The number of hydrogen-bond acceptors (Lipinski definition) is 4. The summed E-state index contributed by atoms with van der Waals surface area (Å²) < 4.78 is 7.32. The summed E-state index contributed by atoms with van der Waals surface area (Å²) in [6.45, 7) is 0. The van der Waals surface area contributed by atoms with Gasteiger partial charge in [0, 0.05) is 25.7 Å². The molecule has 0 aliphatic heterocycles. The van der Waals surface area contributed by atoms with Crippen LogP contribution in [0.3, 0.4) is 0 Å². The van der Waals surface area contributed by atoms with E-state index in [1.165, 1.54) is 0 Å². The van der Waals surface area contributed by atoms with Gasteiger partial charge < -0.3 is 14.6 Å². The van der Waals surface area contributed by atoms with Crippen molar-refractivity contribution in [1.82, 2.24) is 19.9 Å². The van der Waals surface area contributed by atoms with Crippen LogP contribution < -0.4 is 5.32 Å². The lowest BCUT2D eigenvalue weighted by molar-refractivity contribution is 0.0391. The fraction of sp³-hybridized carbons (Fsp3) is 0.438. The van der Waals surface area contributed by atoms with E-state index in [9.17, 15) is 4.79 Å². The van der Waals surface area contributed by atoms with Crippen molar-refractivity contribution in [2.24, 2.45) is 0 Å². The summed E-state index contributed by atoms with van der Waals surface area (Å²) in [5, 5.41) is 3.06. The van der Waals surface area contributed by atoms with E-state index in [2.05, 4.69) is 15.3 Å². The summed E-state index contributed by atoms with van der Waals surface area (Å²) >= 11 is 0. The zero-order valence-corrected chi connectivity index (χ0v) is 12.6. The first-order chi connectivity index (χ1) is 10.8. The molecule has 1 N–H and O–H groups in total. The molecule has 116 valence electrons. The van der Waals surface area contributed by atoms with Crippen LogP contribution >= 0.6 is 0 Å². The van der Waals surface area contributed by atoms with Gasteiger partial charge in [-0.1, -0.05) is 12.8 Å². The zero-order chi connectivity index (χ0) is 15.4. The number of nitrogens with zero attached hydrogens (tertiary/aromatic N) is 3. The number of methoxy groups -OCH3 is 1. The van der Waals surface area contributed by atoms with E-state index in [0.29, 0.717) is 5.69 Å². The first-order valence-electron chi connectivity index (χ1n) is 7.56. The Labute approximate surface area is 129 Å². The fourth-order valence-corrected chi connectivity index (χ4v) is 2.90. The predicted molar refractivity (Wildman–Crippen MR) is 81.9 cm³/mol. The number of imidazole rings is 1. The Morgan fingerprint density at radius 3 is 3.00 bits per heavy atom. The number of pyridine rings is 1. The molecule has 2 atom stereocenters. The SMILES string of the molecule is CO[C@H]1CCCC[C@@H]1NC(=O)c1cc(-n2ccnc2)ccn1. The Morgan fingerprint density at radius 2 is 2.23 bits per heavy atom. The standard InChI is InChI=1S/C16H20N4O2/c1-22-15-5-3-2-4-13(15)19-16(21)14-10-12(6-7-18-14)20-9-8-17-11-20/h6-11,13,15H,2-5H2,1H3,(H,19,21)/t13-,15-/m0/s1. The number of aromatic nitrogens is 3. The van der Waals surface area contributed by atoms with Crippen molar-refractivity contribution in [2.75, 3.05) is 7.11 Å². The molecule has 6 nitrogen and oxygen atoms in total. The minimum Gasteiger partial charge on any atom is -0.379 e. The second-order valence-electron chi connectivity index (χ2n) is 5.51. The maximum absolute atomic E-state index is 12.4. The van der Waals surface area contributed by atoms with E-state index >= 15 is 0 Å². The maximum Gasteiger partial charge on any atom is 0.270 e. The van der Waals surface area contributed by atoms with Crippen LogP contribution in [0.25, 0.3) is 5.69 Å². The molecule has 0 saturated heterocycles. The highest BCUT2D eigenvalue weighted by atomic mass is 16.5. The van der Waals surface area contributed by atoms with Gasteiger partial charge in [0.05, 0.1) is 24.2 Å². The molecule has 1 aliphatic carbocycles. The van der Waals surface area contributed by atoms with Gasteiger partial charge in [-0.25, -0.2) is 4.98 Å². The molecule has 0 aromatic carbocycles. The molecule has 1 amide bonds. The molecular formula is C16H20N4O2. The van der Waals surface area contributed by atoms with Crippen molar-refractivity contribution in [3.8, 4) is 5.69 Å². The number of nitrogens with one attached hydrogen (secondary N) is 1. The van der Waals surface area contributed by atoms with Gasteiger partial charge in [0.1, 0.15) is 5.69 Å². The monoisotopic (exact) mass is 300 g/mol. The van der Waals surface area contributed by atoms with Crippen LogP contribution in [0.4, 0.5) is 0 Å². The summed E-state index contributed by atoms with van der Waals surface area (Å²) in [4.78, 5) is 20.6. The quantitative estimate of drug-likeness (QED) is 0.937. The fourth-order valence-electron chi connectivity index (χ4n) is 2.90.